The molecule has 1 aromatic rings. The van der Waals surface area contributed by atoms with Crippen LogP contribution in [-0.4, -0.2) is 26.6 Å². The van der Waals surface area contributed by atoms with Crippen molar-refractivity contribution in [2.45, 2.75) is 6.54 Å². The van der Waals surface area contributed by atoms with Gasteiger partial charge in [0.1, 0.15) is 5.75 Å². The second-order valence-electron chi connectivity index (χ2n) is 3.16. The topological polar surface area (TPSA) is 50.4 Å². The predicted molar refractivity (Wildman–Crippen MR) is 66.0 cm³/mol. The van der Waals surface area contributed by atoms with Crippen LogP contribution in [0.25, 0.3) is 0 Å². The Balaban J connectivity index is 0.00000225. The molecule has 0 radical (unpaired) electrons. The molecule has 0 unspecified atom stereocenters. The van der Waals surface area contributed by atoms with Crippen LogP contribution in [0.4, 0.5) is 0 Å². The van der Waals surface area contributed by atoms with Crippen molar-refractivity contribution in [2.24, 2.45) is 0 Å². The van der Waals surface area contributed by atoms with Gasteiger partial charge in [-0.05, 0) is 24.7 Å². The maximum absolute atomic E-state index is 11.2. The first-order valence-corrected chi connectivity index (χ1v) is 4.80. The minimum Gasteiger partial charge on any atom is -0.497 e. The molecule has 0 heterocycles. The highest BCUT2D eigenvalue weighted by atomic mass is 35.5. The van der Waals surface area contributed by atoms with E-state index in [1.165, 1.54) is 0 Å². The van der Waals surface area contributed by atoms with Gasteiger partial charge in [-0.1, -0.05) is 12.1 Å². The Morgan fingerprint density at radius 2 is 2.19 bits per heavy atom. The number of hydrogen-bond donors (Lipinski definition) is 2. The Kier molecular flexibility index (Phi) is 7.33. The molecule has 0 spiro atoms. The number of amides is 1. The molecule has 0 aromatic heterocycles. The zero-order valence-corrected chi connectivity index (χ0v) is 10.3. The first-order valence-electron chi connectivity index (χ1n) is 4.80. The molecule has 0 saturated heterocycles. The highest BCUT2D eigenvalue weighted by molar-refractivity contribution is 5.85. The SMILES string of the molecule is CNCC(=O)NCc1cccc(OC)c1.Cl. The lowest BCUT2D eigenvalue weighted by Gasteiger charge is -2.06. The van der Waals surface area contributed by atoms with E-state index in [-0.39, 0.29) is 18.3 Å². The number of hydrogen-bond acceptors (Lipinski definition) is 3. The van der Waals surface area contributed by atoms with Crippen molar-refractivity contribution in [3.63, 3.8) is 0 Å². The van der Waals surface area contributed by atoms with Crippen LogP contribution in [0.3, 0.4) is 0 Å². The maximum atomic E-state index is 11.2. The Hall–Kier alpha value is -1.26. The Morgan fingerprint density at radius 3 is 2.81 bits per heavy atom. The summed E-state index contributed by atoms with van der Waals surface area (Å²) in [7, 11) is 3.36. The van der Waals surface area contributed by atoms with Crippen LogP contribution in [0.15, 0.2) is 24.3 Å². The van der Waals surface area contributed by atoms with Crippen molar-refractivity contribution in [1.29, 1.82) is 0 Å². The summed E-state index contributed by atoms with van der Waals surface area (Å²) in [4.78, 5) is 11.2. The molecule has 16 heavy (non-hydrogen) atoms. The zero-order valence-electron chi connectivity index (χ0n) is 9.45. The van der Waals surface area contributed by atoms with Crippen LogP contribution in [0.5, 0.6) is 5.75 Å². The third kappa shape index (κ3) is 5.00. The van der Waals surface area contributed by atoms with Crippen LogP contribution in [0.2, 0.25) is 0 Å². The molecule has 0 aliphatic carbocycles. The average molecular weight is 245 g/mol. The summed E-state index contributed by atoms with van der Waals surface area (Å²) < 4.78 is 5.08. The van der Waals surface area contributed by atoms with Gasteiger partial charge in [0.15, 0.2) is 0 Å². The second kappa shape index (κ2) is 7.96. The third-order valence-electron chi connectivity index (χ3n) is 1.96. The van der Waals surface area contributed by atoms with Crippen LogP contribution < -0.4 is 15.4 Å². The second-order valence-corrected chi connectivity index (χ2v) is 3.16. The number of nitrogens with one attached hydrogen (secondary N) is 2. The van der Waals surface area contributed by atoms with Crippen LogP contribution in [-0.2, 0) is 11.3 Å². The molecule has 0 saturated carbocycles. The van der Waals surface area contributed by atoms with E-state index in [0.29, 0.717) is 13.1 Å². The molecule has 0 atom stereocenters. The fourth-order valence-electron chi connectivity index (χ4n) is 1.21. The average Bonchev–Trinajstić information content (AvgIpc) is 2.27. The van der Waals surface area contributed by atoms with Gasteiger partial charge in [0, 0.05) is 6.54 Å². The molecule has 0 fully saturated rings. The van der Waals surface area contributed by atoms with Gasteiger partial charge < -0.3 is 15.4 Å². The molecule has 2 N–H and O–H groups in total. The molecule has 5 heteroatoms. The van der Waals surface area contributed by atoms with Gasteiger partial charge in [0.05, 0.1) is 13.7 Å². The predicted octanol–water partition coefficient (Wildman–Crippen LogP) is 0.953. The smallest absolute Gasteiger partial charge is 0.234 e. The van der Waals surface area contributed by atoms with Gasteiger partial charge in [-0.25, -0.2) is 0 Å². The number of carbonyl (C=O) groups excluding carboxylic acids is 1. The van der Waals surface area contributed by atoms with Gasteiger partial charge in [0.2, 0.25) is 5.91 Å². The highest BCUT2D eigenvalue weighted by Gasteiger charge is 1.99. The van der Waals surface area contributed by atoms with E-state index in [1.807, 2.05) is 24.3 Å². The van der Waals surface area contributed by atoms with Gasteiger partial charge >= 0.3 is 0 Å². The maximum Gasteiger partial charge on any atom is 0.234 e. The molecule has 1 amide bonds. The quantitative estimate of drug-likeness (QED) is 0.811. The fraction of sp³-hybridized carbons (Fsp3) is 0.364. The van der Waals surface area contributed by atoms with Gasteiger partial charge in [-0.15, -0.1) is 12.4 Å². The standard InChI is InChI=1S/C11H16N2O2.ClH/c1-12-8-11(14)13-7-9-4-3-5-10(6-9)15-2;/h3-6,12H,7-8H2,1-2H3,(H,13,14);1H. The van der Waals surface area contributed by atoms with Crippen molar-refractivity contribution < 1.29 is 9.53 Å². The Morgan fingerprint density at radius 1 is 1.44 bits per heavy atom. The summed E-state index contributed by atoms with van der Waals surface area (Å²) in [5.74, 6) is 0.788. The highest BCUT2D eigenvalue weighted by Crippen LogP contribution is 2.11. The van der Waals surface area contributed by atoms with Gasteiger partial charge in [0.25, 0.3) is 0 Å². The molecule has 0 aliphatic heterocycles. The van der Waals surface area contributed by atoms with Gasteiger partial charge in [-0.2, -0.15) is 0 Å². The first kappa shape index (κ1) is 14.7. The third-order valence-corrected chi connectivity index (χ3v) is 1.96. The zero-order chi connectivity index (χ0) is 11.1. The van der Waals surface area contributed by atoms with Crippen molar-refractivity contribution in [3.8, 4) is 5.75 Å². The number of likely N-dealkylation sites (N-methyl/N-ethyl adjacent to an activating group) is 1. The van der Waals surface area contributed by atoms with Crippen molar-refractivity contribution in [1.82, 2.24) is 10.6 Å². The van der Waals surface area contributed by atoms with Crippen LogP contribution in [0.1, 0.15) is 5.56 Å². The van der Waals surface area contributed by atoms with Crippen molar-refractivity contribution in [3.05, 3.63) is 29.8 Å². The van der Waals surface area contributed by atoms with Crippen molar-refractivity contribution in [2.75, 3.05) is 20.7 Å². The van der Waals surface area contributed by atoms with E-state index < -0.39 is 0 Å². The van der Waals surface area contributed by atoms with E-state index in [4.69, 9.17) is 4.74 Å². The number of benzene rings is 1. The molecule has 1 rings (SSSR count). The van der Waals surface area contributed by atoms with E-state index in [0.717, 1.165) is 11.3 Å². The summed E-state index contributed by atoms with van der Waals surface area (Å²) in [5.41, 5.74) is 1.03. The number of halogens is 1. The number of methoxy groups -OCH3 is 1. The van der Waals surface area contributed by atoms with Crippen LogP contribution >= 0.6 is 12.4 Å². The molecule has 1 aromatic carbocycles. The largest absolute Gasteiger partial charge is 0.497 e. The summed E-state index contributed by atoms with van der Waals surface area (Å²) in [5, 5.41) is 5.58. The minimum absolute atomic E-state index is 0. The summed E-state index contributed by atoms with van der Waals surface area (Å²) in [6.45, 7) is 0.863. The minimum atomic E-state index is -0.0136. The van der Waals surface area contributed by atoms with Gasteiger partial charge in [-0.3, -0.25) is 4.79 Å². The molecule has 0 bridgehead atoms. The number of carbonyl (C=O) groups is 1. The number of ether oxygens (including phenoxy) is 1. The molecule has 4 nitrogen and oxygen atoms in total. The van der Waals surface area contributed by atoms with E-state index in [1.54, 1.807) is 14.2 Å². The summed E-state index contributed by atoms with van der Waals surface area (Å²) in [6.07, 6.45) is 0. The first-order chi connectivity index (χ1) is 7.26. The molecular formula is C11H17ClN2O2. The monoisotopic (exact) mass is 244 g/mol. The fourth-order valence-corrected chi connectivity index (χ4v) is 1.21. The van der Waals surface area contributed by atoms with E-state index >= 15 is 0 Å². The normalized spacial score (nSPS) is 9.12. The Bertz CT molecular complexity index is 332. The van der Waals surface area contributed by atoms with Crippen molar-refractivity contribution >= 4 is 18.3 Å². The molecule has 0 aliphatic rings. The lowest BCUT2D eigenvalue weighted by molar-refractivity contribution is -0.120. The summed E-state index contributed by atoms with van der Waals surface area (Å²) >= 11 is 0. The van der Waals surface area contributed by atoms with E-state index in [9.17, 15) is 4.79 Å². The lowest BCUT2D eigenvalue weighted by Crippen LogP contribution is -2.31. The molecular weight excluding hydrogens is 228 g/mol. The summed E-state index contributed by atoms with van der Waals surface area (Å²) in [6, 6.07) is 7.62. The number of rotatable bonds is 5. The molecule has 90 valence electrons. The lowest BCUT2D eigenvalue weighted by atomic mass is 10.2. The van der Waals surface area contributed by atoms with E-state index in [2.05, 4.69) is 10.6 Å². The Labute approximate surface area is 102 Å². The van der Waals surface area contributed by atoms with Crippen LogP contribution in [0, 0.1) is 0 Å².